The quantitative estimate of drug-likeness (QED) is 0.858. The van der Waals surface area contributed by atoms with E-state index in [0.29, 0.717) is 10.1 Å². The highest BCUT2D eigenvalue weighted by molar-refractivity contribution is 7.99. The van der Waals surface area contributed by atoms with Crippen molar-refractivity contribution in [3.63, 3.8) is 0 Å². The first-order chi connectivity index (χ1) is 7.68. The number of hydrogen-bond donors (Lipinski definition) is 1. The van der Waals surface area contributed by atoms with Crippen LogP contribution >= 0.6 is 11.8 Å². The van der Waals surface area contributed by atoms with E-state index >= 15 is 0 Å². The lowest BCUT2D eigenvalue weighted by Gasteiger charge is -2.02. The topological polar surface area (TPSA) is 80.9 Å². The van der Waals surface area contributed by atoms with E-state index in [4.69, 9.17) is 5.11 Å². The molecule has 0 radical (unpaired) electrons. The molecule has 0 aliphatic rings. The Labute approximate surface area is 95.3 Å². The molecule has 6 nitrogen and oxygen atoms in total. The summed E-state index contributed by atoms with van der Waals surface area (Å²) in [6, 6.07) is 3.38. The molecule has 0 aliphatic heterocycles. The average Bonchev–Trinajstić information content (AvgIpc) is 2.65. The summed E-state index contributed by atoms with van der Waals surface area (Å²) in [4.78, 5) is 15.3. The maximum atomic E-state index is 10.9. The van der Waals surface area contributed by atoms with Crippen molar-refractivity contribution in [3.05, 3.63) is 30.4 Å². The van der Waals surface area contributed by atoms with E-state index < -0.39 is 5.97 Å². The molecule has 0 aromatic carbocycles. The lowest BCUT2D eigenvalue weighted by atomic mass is 10.3. The molecule has 0 fully saturated rings. The maximum Gasteiger partial charge on any atom is 0.355 e. The number of aromatic nitrogens is 4. The zero-order valence-corrected chi connectivity index (χ0v) is 9.18. The molecule has 0 spiro atoms. The van der Waals surface area contributed by atoms with E-state index in [2.05, 4.69) is 15.2 Å². The molecule has 2 rings (SSSR count). The lowest BCUT2D eigenvalue weighted by Crippen LogP contribution is -2.02. The van der Waals surface area contributed by atoms with Gasteiger partial charge in [-0.25, -0.2) is 9.78 Å². The van der Waals surface area contributed by atoms with Gasteiger partial charge in [0.15, 0.2) is 10.9 Å². The molecule has 0 saturated carbocycles. The smallest absolute Gasteiger partial charge is 0.355 e. The zero-order chi connectivity index (χ0) is 11.5. The van der Waals surface area contributed by atoms with Crippen LogP contribution in [0.4, 0.5) is 0 Å². The van der Waals surface area contributed by atoms with Crippen LogP contribution < -0.4 is 0 Å². The predicted molar refractivity (Wildman–Crippen MR) is 56.3 cm³/mol. The number of carboxylic acids is 1. The van der Waals surface area contributed by atoms with Gasteiger partial charge in [0.05, 0.1) is 0 Å². The molecule has 7 heteroatoms. The Balaban J connectivity index is 2.35. The number of pyridine rings is 1. The monoisotopic (exact) mass is 236 g/mol. The van der Waals surface area contributed by atoms with Crippen LogP contribution in [0, 0.1) is 0 Å². The number of hydrogen-bond acceptors (Lipinski definition) is 5. The Morgan fingerprint density at radius 1 is 1.56 bits per heavy atom. The first-order valence-electron chi connectivity index (χ1n) is 4.38. The Bertz CT molecular complexity index is 526. The largest absolute Gasteiger partial charge is 0.476 e. The molecule has 0 atom stereocenters. The number of aryl methyl sites for hydroxylation is 1. The van der Waals surface area contributed by atoms with Crippen LogP contribution in [0.2, 0.25) is 0 Å². The van der Waals surface area contributed by atoms with E-state index in [1.165, 1.54) is 18.0 Å². The van der Waals surface area contributed by atoms with Gasteiger partial charge in [-0.05, 0) is 23.9 Å². The van der Waals surface area contributed by atoms with Gasteiger partial charge in [0.1, 0.15) is 6.33 Å². The van der Waals surface area contributed by atoms with Gasteiger partial charge < -0.3 is 9.67 Å². The van der Waals surface area contributed by atoms with Gasteiger partial charge in [-0.1, -0.05) is 0 Å². The van der Waals surface area contributed by atoms with Gasteiger partial charge in [0, 0.05) is 18.1 Å². The third kappa shape index (κ3) is 2.03. The Hall–Kier alpha value is -1.89. The van der Waals surface area contributed by atoms with Gasteiger partial charge >= 0.3 is 5.97 Å². The van der Waals surface area contributed by atoms with Gasteiger partial charge in [0.2, 0.25) is 0 Å². The van der Waals surface area contributed by atoms with Crippen molar-refractivity contribution in [2.45, 2.75) is 10.1 Å². The molecule has 2 aromatic rings. The van der Waals surface area contributed by atoms with E-state index in [9.17, 15) is 4.79 Å². The zero-order valence-electron chi connectivity index (χ0n) is 8.36. The fourth-order valence-electron chi connectivity index (χ4n) is 1.10. The lowest BCUT2D eigenvalue weighted by molar-refractivity contribution is 0.0686. The molecule has 1 N–H and O–H groups in total. The van der Waals surface area contributed by atoms with E-state index in [-0.39, 0.29) is 5.69 Å². The molecule has 2 aromatic heterocycles. The standard InChI is InChI=1S/C9H8N4O2S/c1-13-5-11-12-9(13)16-6-3-2-4-10-7(6)8(14)15/h2-5H,1H3,(H,14,15). The highest BCUT2D eigenvalue weighted by atomic mass is 32.2. The number of rotatable bonds is 3. The van der Waals surface area contributed by atoms with Crippen LogP contribution in [0.3, 0.4) is 0 Å². The van der Waals surface area contributed by atoms with Gasteiger partial charge in [-0.2, -0.15) is 0 Å². The third-order valence-electron chi connectivity index (χ3n) is 1.84. The third-order valence-corrected chi connectivity index (χ3v) is 2.95. The SMILES string of the molecule is Cn1cnnc1Sc1cccnc1C(=O)O. The number of aromatic carboxylic acids is 1. The van der Waals surface area contributed by atoms with Crippen molar-refractivity contribution in [1.82, 2.24) is 19.7 Å². The van der Waals surface area contributed by atoms with Crippen molar-refractivity contribution in [2.24, 2.45) is 7.05 Å². The minimum atomic E-state index is -1.05. The maximum absolute atomic E-state index is 10.9. The summed E-state index contributed by atoms with van der Waals surface area (Å²) in [7, 11) is 1.79. The van der Waals surface area contributed by atoms with Crippen molar-refractivity contribution in [3.8, 4) is 0 Å². The summed E-state index contributed by atoms with van der Waals surface area (Å²) in [6.45, 7) is 0. The van der Waals surface area contributed by atoms with Gasteiger partial charge in [-0.3, -0.25) is 0 Å². The van der Waals surface area contributed by atoms with E-state index in [1.807, 2.05) is 0 Å². The highest BCUT2D eigenvalue weighted by Crippen LogP contribution is 2.27. The minimum Gasteiger partial charge on any atom is -0.476 e. The van der Waals surface area contributed by atoms with E-state index in [0.717, 1.165) is 0 Å². The molecule has 2 heterocycles. The Morgan fingerprint density at radius 2 is 2.38 bits per heavy atom. The van der Waals surface area contributed by atoms with Crippen LogP contribution in [0.1, 0.15) is 10.5 Å². The fraction of sp³-hybridized carbons (Fsp3) is 0.111. The van der Waals surface area contributed by atoms with Crippen LogP contribution in [0.15, 0.2) is 34.7 Å². The molecular formula is C9H8N4O2S. The normalized spacial score (nSPS) is 10.3. The summed E-state index contributed by atoms with van der Waals surface area (Å²) in [5.41, 5.74) is 0.0236. The van der Waals surface area contributed by atoms with Crippen LogP contribution in [0.5, 0.6) is 0 Å². The summed E-state index contributed by atoms with van der Waals surface area (Å²) < 4.78 is 1.71. The van der Waals surface area contributed by atoms with Crippen LogP contribution in [0.25, 0.3) is 0 Å². The first-order valence-corrected chi connectivity index (χ1v) is 5.20. The molecule has 82 valence electrons. The molecule has 0 amide bonds. The second-order valence-electron chi connectivity index (χ2n) is 2.98. The molecular weight excluding hydrogens is 228 g/mol. The Morgan fingerprint density at radius 3 is 3.00 bits per heavy atom. The van der Waals surface area contributed by atoms with Crippen molar-refractivity contribution in [2.75, 3.05) is 0 Å². The second kappa shape index (κ2) is 4.31. The molecule has 0 bridgehead atoms. The van der Waals surface area contributed by atoms with Crippen LogP contribution in [-0.4, -0.2) is 30.8 Å². The second-order valence-corrected chi connectivity index (χ2v) is 3.99. The predicted octanol–water partition coefficient (Wildman–Crippen LogP) is 1.06. The minimum absolute atomic E-state index is 0.0236. The molecule has 0 aliphatic carbocycles. The van der Waals surface area contributed by atoms with Crippen molar-refractivity contribution >= 4 is 17.7 Å². The summed E-state index contributed by atoms with van der Waals surface area (Å²) in [5, 5.41) is 17.1. The summed E-state index contributed by atoms with van der Waals surface area (Å²) >= 11 is 1.22. The van der Waals surface area contributed by atoms with Gasteiger partial charge in [0.25, 0.3) is 0 Å². The average molecular weight is 236 g/mol. The Kier molecular flexibility index (Phi) is 2.86. The fourth-order valence-corrected chi connectivity index (χ4v) is 1.96. The number of nitrogens with zero attached hydrogens (tertiary/aromatic N) is 4. The summed E-state index contributed by atoms with van der Waals surface area (Å²) in [5.74, 6) is -1.05. The highest BCUT2D eigenvalue weighted by Gasteiger charge is 2.14. The summed E-state index contributed by atoms with van der Waals surface area (Å²) in [6.07, 6.45) is 3.00. The molecule has 0 saturated heterocycles. The van der Waals surface area contributed by atoms with Crippen LogP contribution in [-0.2, 0) is 7.05 Å². The van der Waals surface area contributed by atoms with Crippen molar-refractivity contribution < 1.29 is 9.90 Å². The van der Waals surface area contributed by atoms with E-state index in [1.54, 1.807) is 30.1 Å². The first kappa shape index (κ1) is 10.6. The van der Waals surface area contributed by atoms with Gasteiger partial charge in [-0.15, -0.1) is 10.2 Å². The molecule has 16 heavy (non-hydrogen) atoms. The molecule has 0 unspecified atom stereocenters. The number of carbonyl (C=O) groups is 1. The number of carboxylic acid groups (broad SMARTS) is 1. The van der Waals surface area contributed by atoms with Crippen molar-refractivity contribution in [1.29, 1.82) is 0 Å².